The van der Waals surface area contributed by atoms with E-state index in [-0.39, 0.29) is 0 Å². The molecule has 0 N–H and O–H groups in total. The predicted molar refractivity (Wildman–Crippen MR) is 61.6 cm³/mol. The molecular weight excluding hydrogens is 212 g/mol. The van der Waals surface area contributed by atoms with Gasteiger partial charge in [-0.15, -0.1) is 0 Å². The summed E-state index contributed by atoms with van der Waals surface area (Å²) in [7, 11) is 2.14. The van der Waals surface area contributed by atoms with Gasteiger partial charge in [0.2, 0.25) is 0 Å². The number of hydrogen-bond donors (Lipinski definition) is 0. The fraction of sp³-hybridized carbons (Fsp3) is 0.600. The molecule has 0 rings (SSSR count). The van der Waals surface area contributed by atoms with Crippen molar-refractivity contribution < 1.29 is 18.0 Å². The maximum absolute atomic E-state index is 5.38. The molecule has 0 aliphatic heterocycles. The van der Waals surface area contributed by atoms with Gasteiger partial charge in [0.05, 0.1) is 6.61 Å². The third kappa shape index (κ3) is 5.86. The van der Waals surface area contributed by atoms with Gasteiger partial charge in [0.1, 0.15) is 6.23 Å². The minimum Gasteiger partial charge on any atom is -0.375 e. The first kappa shape index (κ1) is 14.5. The second-order valence-electron chi connectivity index (χ2n) is 2.76. The van der Waals surface area contributed by atoms with Gasteiger partial charge >= 0.3 is 8.80 Å². The van der Waals surface area contributed by atoms with Gasteiger partial charge in [-0.1, -0.05) is 24.3 Å². The van der Waals surface area contributed by atoms with Gasteiger partial charge in [-0.3, -0.25) is 0 Å². The van der Waals surface area contributed by atoms with Crippen LogP contribution in [-0.4, -0.2) is 43.0 Å². The van der Waals surface area contributed by atoms with E-state index in [1.54, 1.807) is 21.3 Å². The molecule has 0 aliphatic carbocycles. The first-order valence-corrected chi connectivity index (χ1v) is 6.69. The first-order chi connectivity index (χ1) is 7.24. The summed E-state index contributed by atoms with van der Waals surface area (Å²) in [6, 6.07) is 0. The molecule has 0 amide bonds. The molecule has 0 saturated carbocycles. The Balaban J connectivity index is 3.81. The normalized spacial score (nSPS) is 13.1. The van der Waals surface area contributed by atoms with E-state index in [1.165, 1.54) is 0 Å². The Morgan fingerprint density at radius 3 is 2.07 bits per heavy atom. The molecule has 0 radical (unpaired) electrons. The molecule has 0 fully saturated rings. The quantitative estimate of drug-likeness (QED) is 0.361. The number of rotatable bonds is 8. The fourth-order valence-corrected chi connectivity index (χ4v) is 2.15. The molecule has 0 unspecified atom stereocenters. The van der Waals surface area contributed by atoms with Gasteiger partial charge in [-0.05, 0) is 6.92 Å². The summed E-state index contributed by atoms with van der Waals surface area (Å²) < 4.78 is 21.0. The molecular formula is C10H20O4Si. The Labute approximate surface area is 92.8 Å². The minimum atomic E-state index is -2.56. The van der Waals surface area contributed by atoms with Crippen molar-refractivity contribution in [3.05, 3.63) is 24.3 Å². The predicted octanol–water partition coefficient (Wildman–Crippen LogP) is 1.55. The van der Waals surface area contributed by atoms with E-state index < -0.39 is 8.80 Å². The number of hydrogen-bond acceptors (Lipinski definition) is 4. The lowest BCUT2D eigenvalue weighted by Gasteiger charge is -2.23. The lowest BCUT2D eigenvalue weighted by atomic mass is 10.4. The van der Waals surface area contributed by atoms with E-state index in [2.05, 4.69) is 0 Å². The Morgan fingerprint density at radius 1 is 1.00 bits per heavy atom. The van der Waals surface area contributed by atoms with Gasteiger partial charge < -0.3 is 18.0 Å². The van der Waals surface area contributed by atoms with E-state index in [4.69, 9.17) is 18.0 Å². The highest BCUT2D eigenvalue weighted by Crippen LogP contribution is 2.05. The Bertz CT molecular complexity index is 191. The standard InChI is InChI=1S/C10H20O4Si/c1-5-6-7-8-9-14-10-15(11-2,12-3)13-4/h5-8H,9-10H2,1-4H3. The molecule has 4 nitrogen and oxygen atoms in total. The van der Waals surface area contributed by atoms with Crippen molar-refractivity contribution in [1.82, 2.24) is 0 Å². The van der Waals surface area contributed by atoms with E-state index in [0.717, 1.165) is 0 Å². The molecule has 0 spiro atoms. The van der Waals surface area contributed by atoms with Gasteiger partial charge in [0.15, 0.2) is 0 Å². The monoisotopic (exact) mass is 232 g/mol. The van der Waals surface area contributed by atoms with Crippen LogP contribution in [0.1, 0.15) is 6.92 Å². The molecule has 5 heteroatoms. The van der Waals surface area contributed by atoms with Crippen LogP contribution in [0.2, 0.25) is 0 Å². The smallest absolute Gasteiger partial charge is 0.375 e. The second-order valence-corrected chi connectivity index (χ2v) is 5.64. The highest BCUT2D eigenvalue weighted by atomic mass is 28.4. The minimum absolute atomic E-state index is 0.358. The average Bonchev–Trinajstić information content (AvgIpc) is 2.29. The third-order valence-electron chi connectivity index (χ3n) is 1.87. The Morgan fingerprint density at radius 2 is 1.60 bits per heavy atom. The first-order valence-electron chi connectivity index (χ1n) is 4.75. The van der Waals surface area contributed by atoms with Crippen LogP contribution in [0.3, 0.4) is 0 Å². The van der Waals surface area contributed by atoms with Crippen LogP contribution in [-0.2, 0) is 18.0 Å². The molecule has 0 atom stereocenters. The second kappa shape index (κ2) is 8.81. The summed E-state index contributed by atoms with van der Waals surface area (Å²) in [5, 5.41) is 0. The maximum Gasteiger partial charge on any atom is 0.527 e. The number of ether oxygens (including phenoxy) is 1. The van der Waals surface area contributed by atoms with E-state index in [0.29, 0.717) is 12.8 Å². The van der Waals surface area contributed by atoms with Gasteiger partial charge in [0, 0.05) is 21.3 Å². The van der Waals surface area contributed by atoms with Crippen molar-refractivity contribution in [3.63, 3.8) is 0 Å². The van der Waals surface area contributed by atoms with Gasteiger partial charge in [-0.25, -0.2) is 0 Å². The zero-order chi connectivity index (χ0) is 11.6. The lowest BCUT2D eigenvalue weighted by Crippen LogP contribution is -2.48. The molecule has 15 heavy (non-hydrogen) atoms. The molecule has 0 heterocycles. The number of allylic oxidation sites excluding steroid dienone is 3. The van der Waals surface area contributed by atoms with Crippen LogP contribution in [0.25, 0.3) is 0 Å². The fourth-order valence-electron chi connectivity index (χ4n) is 0.924. The van der Waals surface area contributed by atoms with Gasteiger partial charge in [0.25, 0.3) is 0 Å². The summed E-state index contributed by atoms with van der Waals surface area (Å²) >= 11 is 0. The van der Waals surface area contributed by atoms with Crippen molar-refractivity contribution >= 4 is 8.80 Å². The van der Waals surface area contributed by atoms with Gasteiger partial charge in [-0.2, -0.15) is 0 Å². The molecule has 88 valence electrons. The van der Waals surface area contributed by atoms with E-state index >= 15 is 0 Å². The largest absolute Gasteiger partial charge is 0.527 e. The summed E-state index contributed by atoms with van der Waals surface area (Å²) in [4.78, 5) is 0. The molecule has 0 aliphatic rings. The average molecular weight is 232 g/mol. The molecule has 0 bridgehead atoms. The van der Waals surface area contributed by atoms with Crippen molar-refractivity contribution in [2.24, 2.45) is 0 Å². The van der Waals surface area contributed by atoms with Crippen molar-refractivity contribution in [2.75, 3.05) is 34.2 Å². The summed E-state index contributed by atoms with van der Waals surface area (Å²) in [6.07, 6.45) is 8.10. The van der Waals surface area contributed by atoms with Crippen molar-refractivity contribution in [2.45, 2.75) is 6.92 Å². The van der Waals surface area contributed by atoms with Crippen LogP contribution in [0.15, 0.2) is 24.3 Å². The zero-order valence-electron chi connectivity index (χ0n) is 9.86. The van der Waals surface area contributed by atoms with Crippen LogP contribution < -0.4 is 0 Å². The third-order valence-corrected chi connectivity index (χ3v) is 4.29. The van der Waals surface area contributed by atoms with E-state index in [1.807, 2.05) is 31.2 Å². The van der Waals surface area contributed by atoms with Crippen LogP contribution in [0.5, 0.6) is 0 Å². The molecule has 0 aromatic rings. The van der Waals surface area contributed by atoms with E-state index in [9.17, 15) is 0 Å². The Kier molecular flexibility index (Phi) is 8.54. The van der Waals surface area contributed by atoms with Crippen LogP contribution >= 0.6 is 0 Å². The SMILES string of the molecule is CC=CC=CCOC[Si](OC)(OC)OC. The summed E-state index contributed by atoms with van der Waals surface area (Å²) in [5.74, 6) is 0. The maximum atomic E-state index is 5.38. The zero-order valence-corrected chi connectivity index (χ0v) is 10.9. The lowest BCUT2D eigenvalue weighted by molar-refractivity contribution is 0.0719. The molecule has 0 aromatic heterocycles. The highest BCUT2D eigenvalue weighted by molar-refractivity contribution is 6.60. The summed E-state index contributed by atoms with van der Waals surface area (Å²) in [6.45, 7) is 2.49. The van der Waals surface area contributed by atoms with Crippen LogP contribution in [0.4, 0.5) is 0 Å². The highest BCUT2D eigenvalue weighted by Gasteiger charge is 2.38. The van der Waals surface area contributed by atoms with Crippen molar-refractivity contribution in [3.8, 4) is 0 Å². The van der Waals surface area contributed by atoms with Crippen LogP contribution in [0, 0.1) is 0 Å². The van der Waals surface area contributed by atoms with Crippen molar-refractivity contribution in [1.29, 1.82) is 0 Å². The Hall–Kier alpha value is -0.463. The molecule has 0 aromatic carbocycles. The molecule has 0 saturated heterocycles. The topological polar surface area (TPSA) is 36.9 Å². The summed E-state index contributed by atoms with van der Waals surface area (Å²) in [5.41, 5.74) is 0.